The van der Waals surface area contributed by atoms with Gasteiger partial charge in [-0.05, 0) is 49.3 Å². The Kier molecular flexibility index (Phi) is 4.31. The molecule has 2 aromatic rings. The van der Waals surface area contributed by atoms with Crippen LogP contribution in [-0.4, -0.2) is 37.9 Å². The number of nitrogens with one attached hydrogen (secondary N) is 3. The Bertz CT molecular complexity index is 956. The molecule has 2 heterocycles. The summed E-state index contributed by atoms with van der Waals surface area (Å²) in [7, 11) is 0. The fraction of sp³-hybridized carbons (Fsp3) is 0.333. The molecule has 1 aliphatic heterocycles. The number of urea groups is 1. The molecule has 3 N–H and O–H groups in total. The Morgan fingerprint density at radius 1 is 1.11 bits per heavy atom. The molecule has 0 atom stereocenters. The number of nitrogens with zero attached hydrogens (tertiary/aromatic N) is 2. The number of benzene rings is 1. The molecule has 0 radical (unpaired) electrons. The molecule has 1 spiro atoms. The van der Waals surface area contributed by atoms with E-state index in [-0.39, 0.29) is 5.91 Å². The summed E-state index contributed by atoms with van der Waals surface area (Å²) in [5.41, 5.74) is 2.71. The maximum atomic E-state index is 12.7. The molecule has 1 aromatic heterocycles. The average molecular weight is 385 g/mol. The number of hydrogen-bond acceptors (Lipinski definition) is 4. The van der Waals surface area contributed by atoms with Gasteiger partial charge in [-0.3, -0.25) is 19.6 Å². The van der Waals surface area contributed by atoms with Crippen molar-refractivity contribution in [2.75, 3.05) is 0 Å². The Hall–Kier alpha value is -2.94. The number of carbonyl (C=O) groups is 3. The maximum absolute atomic E-state index is 12.7. The standard InChI is InChI=1S/C18H19N5O3S/c24-14(12-4-6-13(7-5-12)22-11-10-19-17(22)27)21-23-15(25)18(20-16(23)26)8-2-1-3-9-18/h4-7,10-11H,1-3,8-9H2,(H,19,27)(H,20,26)(H,21,24). The van der Waals surface area contributed by atoms with Crippen molar-refractivity contribution in [3.63, 3.8) is 0 Å². The lowest BCUT2D eigenvalue weighted by molar-refractivity contribution is -0.134. The van der Waals surface area contributed by atoms with E-state index >= 15 is 0 Å². The number of amides is 4. The van der Waals surface area contributed by atoms with Crippen LogP contribution in [0.5, 0.6) is 0 Å². The summed E-state index contributed by atoms with van der Waals surface area (Å²) in [5.74, 6) is -0.897. The lowest BCUT2D eigenvalue weighted by Gasteiger charge is -2.30. The quantitative estimate of drug-likeness (QED) is 0.558. The number of carbonyl (C=O) groups excluding carboxylic acids is 3. The highest BCUT2D eigenvalue weighted by molar-refractivity contribution is 7.71. The fourth-order valence-corrected chi connectivity index (χ4v) is 3.91. The third-order valence-electron chi connectivity index (χ3n) is 5.14. The van der Waals surface area contributed by atoms with Gasteiger partial charge in [0, 0.05) is 23.6 Å². The molecule has 8 nitrogen and oxygen atoms in total. The maximum Gasteiger partial charge on any atom is 0.344 e. The van der Waals surface area contributed by atoms with Crippen LogP contribution in [0.15, 0.2) is 36.7 Å². The third-order valence-corrected chi connectivity index (χ3v) is 5.45. The summed E-state index contributed by atoms with van der Waals surface area (Å²) in [6.07, 6.45) is 7.55. The van der Waals surface area contributed by atoms with Crippen molar-refractivity contribution in [3.8, 4) is 5.69 Å². The summed E-state index contributed by atoms with van der Waals surface area (Å²) in [6.45, 7) is 0. The first-order valence-corrected chi connectivity index (χ1v) is 9.25. The summed E-state index contributed by atoms with van der Waals surface area (Å²) in [6, 6.07) is 6.15. The first-order valence-electron chi connectivity index (χ1n) is 8.84. The van der Waals surface area contributed by atoms with Crippen molar-refractivity contribution in [2.24, 2.45) is 0 Å². The van der Waals surface area contributed by atoms with Crippen LogP contribution < -0.4 is 10.7 Å². The smallest absolute Gasteiger partial charge is 0.337 e. The third kappa shape index (κ3) is 3.03. The second kappa shape index (κ2) is 6.66. The van der Waals surface area contributed by atoms with Gasteiger partial charge < -0.3 is 10.3 Å². The van der Waals surface area contributed by atoms with Gasteiger partial charge in [0.1, 0.15) is 5.54 Å². The largest absolute Gasteiger partial charge is 0.344 e. The monoisotopic (exact) mass is 385 g/mol. The molecule has 140 valence electrons. The molecule has 4 rings (SSSR count). The van der Waals surface area contributed by atoms with Gasteiger partial charge in [0.25, 0.3) is 11.8 Å². The number of hydrogen-bond donors (Lipinski definition) is 3. The van der Waals surface area contributed by atoms with E-state index in [9.17, 15) is 14.4 Å². The van der Waals surface area contributed by atoms with Crippen LogP contribution in [0.4, 0.5) is 4.79 Å². The SMILES string of the molecule is O=C(NN1C(=O)NC2(CCCCC2)C1=O)c1ccc(-n2cc[nH]c2=S)cc1. The van der Waals surface area contributed by atoms with Crippen LogP contribution >= 0.6 is 12.2 Å². The number of hydrazine groups is 1. The Labute approximate surface area is 160 Å². The highest BCUT2D eigenvalue weighted by Crippen LogP contribution is 2.33. The first-order chi connectivity index (χ1) is 13.0. The molecule has 1 aromatic carbocycles. The van der Waals surface area contributed by atoms with Crippen molar-refractivity contribution in [1.29, 1.82) is 0 Å². The Balaban J connectivity index is 1.49. The van der Waals surface area contributed by atoms with Crippen LogP contribution in [0.1, 0.15) is 42.5 Å². The molecule has 0 bridgehead atoms. The van der Waals surface area contributed by atoms with Gasteiger partial charge in [-0.2, -0.15) is 5.01 Å². The summed E-state index contributed by atoms with van der Waals surface area (Å²) < 4.78 is 2.31. The van der Waals surface area contributed by atoms with Crippen molar-refractivity contribution in [3.05, 3.63) is 47.0 Å². The topological polar surface area (TPSA) is 99.2 Å². The highest BCUT2D eigenvalue weighted by atomic mass is 32.1. The van der Waals surface area contributed by atoms with Gasteiger partial charge >= 0.3 is 6.03 Å². The molecule has 1 saturated heterocycles. The minimum Gasteiger partial charge on any atom is -0.337 e. The number of rotatable bonds is 3. The average Bonchev–Trinajstić information content (AvgIpc) is 3.20. The predicted octanol–water partition coefficient (Wildman–Crippen LogP) is 2.43. The van der Waals surface area contributed by atoms with E-state index in [1.165, 1.54) is 0 Å². The molecule has 4 amide bonds. The first kappa shape index (κ1) is 17.5. The zero-order valence-corrected chi connectivity index (χ0v) is 15.3. The van der Waals surface area contributed by atoms with Crippen LogP contribution in [0.3, 0.4) is 0 Å². The van der Waals surface area contributed by atoms with Crippen LogP contribution in [0, 0.1) is 4.77 Å². The number of aromatic amines is 1. The molecule has 1 aliphatic carbocycles. The van der Waals surface area contributed by atoms with E-state index in [0.717, 1.165) is 30.0 Å². The van der Waals surface area contributed by atoms with Crippen LogP contribution in [0.25, 0.3) is 5.69 Å². The van der Waals surface area contributed by atoms with Crippen molar-refractivity contribution in [1.82, 2.24) is 25.3 Å². The van der Waals surface area contributed by atoms with E-state index < -0.39 is 17.5 Å². The summed E-state index contributed by atoms with van der Waals surface area (Å²) in [5, 5.41) is 3.57. The zero-order chi connectivity index (χ0) is 19.0. The van der Waals surface area contributed by atoms with Gasteiger partial charge in [-0.1, -0.05) is 19.3 Å². The van der Waals surface area contributed by atoms with Gasteiger partial charge in [0.05, 0.1) is 0 Å². The molecule has 9 heteroatoms. The molecule has 2 aliphatic rings. The van der Waals surface area contributed by atoms with E-state index in [1.807, 2.05) is 0 Å². The zero-order valence-electron chi connectivity index (χ0n) is 14.5. The number of imide groups is 1. The van der Waals surface area contributed by atoms with E-state index in [4.69, 9.17) is 12.2 Å². The van der Waals surface area contributed by atoms with Crippen LogP contribution in [0.2, 0.25) is 0 Å². The van der Waals surface area contributed by atoms with Gasteiger partial charge in [0.15, 0.2) is 4.77 Å². The fourth-order valence-electron chi connectivity index (χ4n) is 3.68. The second-order valence-corrected chi connectivity index (χ2v) is 7.22. The van der Waals surface area contributed by atoms with Gasteiger partial charge in [0.2, 0.25) is 0 Å². The van der Waals surface area contributed by atoms with Crippen molar-refractivity contribution >= 4 is 30.1 Å². The molecule has 0 unspecified atom stereocenters. The summed E-state index contributed by atoms with van der Waals surface area (Å²) in [4.78, 5) is 40.4. The van der Waals surface area contributed by atoms with E-state index in [2.05, 4.69) is 15.7 Å². The Morgan fingerprint density at radius 3 is 2.44 bits per heavy atom. The number of aromatic nitrogens is 2. The molecular formula is C18H19N5O3S. The minimum atomic E-state index is -0.864. The van der Waals surface area contributed by atoms with Gasteiger partial charge in [-0.15, -0.1) is 0 Å². The minimum absolute atomic E-state index is 0.339. The molecule has 1 saturated carbocycles. The molecule has 2 fully saturated rings. The lowest BCUT2D eigenvalue weighted by atomic mass is 9.82. The molecule has 27 heavy (non-hydrogen) atoms. The van der Waals surface area contributed by atoms with Gasteiger partial charge in [-0.25, -0.2) is 4.79 Å². The molecular weight excluding hydrogens is 366 g/mol. The normalized spacial score (nSPS) is 18.6. The van der Waals surface area contributed by atoms with E-state index in [1.54, 1.807) is 41.2 Å². The number of imidazole rings is 1. The Morgan fingerprint density at radius 2 is 1.81 bits per heavy atom. The number of H-pyrrole nitrogens is 1. The van der Waals surface area contributed by atoms with E-state index in [0.29, 0.717) is 23.2 Å². The van der Waals surface area contributed by atoms with Crippen molar-refractivity contribution < 1.29 is 14.4 Å². The highest BCUT2D eigenvalue weighted by Gasteiger charge is 2.52. The second-order valence-electron chi connectivity index (χ2n) is 6.84. The van der Waals surface area contributed by atoms with Crippen molar-refractivity contribution in [2.45, 2.75) is 37.6 Å². The van der Waals surface area contributed by atoms with Crippen LogP contribution in [-0.2, 0) is 4.79 Å². The summed E-state index contributed by atoms with van der Waals surface area (Å²) >= 11 is 5.17. The predicted molar refractivity (Wildman–Crippen MR) is 99.6 cm³/mol. The lowest BCUT2D eigenvalue weighted by Crippen LogP contribution is -2.50.